The molecule has 0 amide bonds. The molecule has 9 nitrogen and oxygen atoms in total. The normalized spacial score (nSPS) is 16.8. The Morgan fingerprint density at radius 1 is 1.11 bits per heavy atom. The molecule has 0 aromatic carbocycles. The van der Waals surface area contributed by atoms with Gasteiger partial charge in [-0.3, -0.25) is 0 Å². The van der Waals surface area contributed by atoms with E-state index in [2.05, 4.69) is 36.8 Å². The molecule has 2 aromatic rings. The van der Waals surface area contributed by atoms with Crippen LogP contribution in [0.4, 0.5) is 17.6 Å². The first-order valence-electron chi connectivity index (χ1n) is 8.97. The Balaban J connectivity index is 1.79. The molecular formula is C18H27N7O2. The van der Waals surface area contributed by atoms with Crippen molar-refractivity contribution in [1.29, 1.82) is 0 Å². The van der Waals surface area contributed by atoms with Crippen LogP contribution in [0.5, 0.6) is 11.9 Å². The number of methoxy groups -OCH3 is 2. The predicted molar refractivity (Wildman–Crippen MR) is 105 cm³/mol. The van der Waals surface area contributed by atoms with Crippen LogP contribution in [0.15, 0.2) is 18.3 Å². The van der Waals surface area contributed by atoms with E-state index in [-0.39, 0.29) is 0 Å². The highest BCUT2D eigenvalue weighted by Crippen LogP contribution is 2.26. The summed E-state index contributed by atoms with van der Waals surface area (Å²) in [6, 6.07) is 4.42. The van der Waals surface area contributed by atoms with Crippen LogP contribution in [0.1, 0.15) is 12.8 Å². The molecular weight excluding hydrogens is 346 g/mol. The van der Waals surface area contributed by atoms with Crippen molar-refractivity contribution in [3.05, 3.63) is 18.3 Å². The van der Waals surface area contributed by atoms with Crippen molar-refractivity contribution in [3.63, 3.8) is 0 Å². The zero-order chi connectivity index (χ0) is 19.4. The van der Waals surface area contributed by atoms with Crippen molar-refractivity contribution < 1.29 is 9.47 Å². The van der Waals surface area contributed by atoms with Crippen LogP contribution in [-0.4, -0.2) is 74.4 Å². The topological polar surface area (TPSA) is 79.7 Å². The number of piperidine rings is 1. The predicted octanol–water partition coefficient (Wildman–Crippen LogP) is 1.45. The standard InChI is InChI=1S/C18H27N7O2/c1-23(2)17-19-9-8-14(20-17)24(3)13-7-6-10-25(12-13)15-11-16(26-4)22-18(21-15)27-5/h8-9,11,13H,6-7,10,12H2,1-5H3. The lowest BCUT2D eigenvalue weighted by Gasteiger charge is -2.38. The van der Waals surface area contributed by atoms with Crippen molar-refractivity contribution >= 4 is 17.6 Å². The van der Waals surface area contributed by atoms with E-state index in [0.717, 1.165) is 37.6 Å². The van der Waals surface area contributed by atoms with Gasteiger partial charge in [0, 0.05) is 52.5 Å². The van der Waals surface area contributed by atoms with Gasteiger partial charge in [0.05, 0.1) is 14.2 Å². The smallest absolute Gasteiger partial charge is 0.321 e. The second-order valence-electron chi connectivity index (χ2n) is 6.72. The minimum atomic E-state index is 0.311. The molecule has 0 bridgehead atoms. The van der Waals surface area contributed by atoms with E-state index < -0.39 is 0 Å². The molecule has 1 aliphatic heterocycles. The average molecular weight is 373 g/mol. The largest absolute Gasteiger partial charge is 0.481 e. The third kappa shape index (κ3) is 4.29. The molecule has 0 spiro atoms. The summed E-state index contributed by atoms with van der Waals surface area (Å²) in [7, 11) is 9.12. The first-order chi connectivity index (χ1) is 13.0. The molecule has 1 saturated heterocycles. The molecule has 1 unspecified atom stereocenters. The summed E-state index contributed by atoms with van der Waals surface area (Å²) in [5.74, 6) is 2.93. The maximum atomic E-state index is 5.28. The van der Waals surface area contributed by atoms with Crippen LogP contribution >= 0.6 is 0 Å². The highest BCUT2D eigenvalue weighted by Gasteiger charge is 2.26. The zero-order valence-corrected chi connectivity index (χ0v) is 16.6. The third-order valence-corrected chi connectivity index (χ3v) is 4.72. The molecule has 2 aromatic heterocycles. The monoisotopic (exact) mass is 373 g/mol. The fourth-order valence-electron chi connectivity index (χ4n) is 3.17. The Kier molecular flexibility index (Phi) is 5.78. The van der Waals surface area contributed by atoms with Crippen LogP contribution in [-0.2, 0) is 0 Å². The molecule has 3 rings (SSSR count). The van der Waals surface area contributed by atoms with Crippen LogP contribution in [0, 0.1) is 0 Å². The fourth-order valence-corrected chi connectivity index (χ4v) is 3.17. The number of ether oxygens (including phenoxy) is 2. The second kappa shape index (κ2) is 8.24. The Hall–Kier alpha value is -2.84. The number of nitrogens with zero attached hydrogens (tertiary/aromatic N) is 7. The summed E-state index contributed by atoms with van der Waals surface area (Å²) in [5.41, 5.74) is 0. The third-order valence-electron chi connectivity index (χ3n) is 4.72. The van der Waals surface area contributed by atoms with Crippen molar-refractivity contribution in [1.82, 2.24) is 19.9 Å². The van der Waals surface area contributed by atoms with Gasteiger partial charge >= 0.3 is 6.01 Å². The van der Waals surface area contributed by atoms with Crippen LogP contribution in [0.2, 0.25) is 0 Å². The van der Waals surface area contributed by atoms with Gasteiger partial charge in [-0.2, -0.15) is 15.0 Å². The van der Waals surface area contributed by atoms with Crippen LogP contribution < -0.4 is 24.2 Å². The van der Waals surface area contributed by atoms with E-state index in [4.69, 9.17) is 9.47 Å². The number of hydrogen-bond acceptors (Lipinski definition) is 9. The van der Waals surface area contributed by atoms with Gasteiger partial charge in [0.25, 0.3) is 0 Å². The second-order valence-corrected chi connectivity index (χ2v) is 6.72. The van der Waals surface area contributed by atoms with Gasteiger partial charge in [0.1, 0.15) is 11.6 Å². The van der Waals surface area contributed by atoms with Crippen molar-refractivity contribution in [2.24, 2.45) is 0 Å². The summed E-state index contributed by atoms with van der Waals surface area (Å²) in [6.45, 7) is 1.77. The lowest BCUT2D eigenvalue weighted by molar-refractivity contribution is 0.351. The highest BCUT2D eigenvalue weighted by molar-refractivity contribution is 5.47. The lowest BCUT2D eigenvalue weighted by Crippen LogP contribution is -2.47. The quantitative estimate of drug-likeness (QED) is 0.747. The molecule has 1 aliphatic rings. The molecule has 9 heteroatoms. The fraction of sp³-hybridized carbons (Fsp3) is 0.556. The van der Waals surface area contributed by atoms with Crippen molar-refractivity contribution in [2.45, 2.75) is 18.9 Å². The number of rotatable bonds is 6. The number of aromatic nitrogens is 4. The van der Waals surface area contributed by atoms with Crippen molar-refractivity contribution in [3.8, 4) is 11.9 Å². The molecule has 0 N–H and O–H groups in total. The molecule has 146 valence electrons. The van der Waals surface area contributed by atoms with Gasteiger partial charge < -0.3 is 24.2 Å². The van der Waals surface area contributed by atoms with Crippen LogP contribution in [0.3, 0.4) is 0 Å². The van der Waals surface area contributed by atoms with Crippen molar-refractivity contribution in [2.75, 3.05) is 63.2 Å². The van der Waals surface area contributed by atoms with Gasteiger partial charge in [0.2, 0.25) is 11.8 Å². The SMILES string of the molecule is COc1cc(N2CCCC(N(C)c3ccnc(N(C)C)n3)C2)nc(OC)n1. The number of likely N-dealkylation sites (N-methyl/N-ethyl adjacent to an activating group) is 1. The molecule has 0 saturated carbocycles. The van der Waals surface area contributed by atoms with Crippen LogP contribution in [0.25, 0.3) is 0 Å². The average Bonchev–Trinajstić information content (AvgIpc) is 2.72. The Labute approximate surface area is 160 Å². The maximum absolute atomic E-state index is 5.28. The first kappa shape index (κ1) is 18.9. The van der Waals surface area contributed by atoms with Gasteiger partial charge in [-0.25, -0.2) is 4.98 Å². The summed E-state index contributed by atoms with van der Waals surface area (Å²) in [4.78, 5) is 24.0. The molecule has 27 heavy (non-hydrogen) atoms. The van der Waals surface area contributed by atoms with E-state index >= 15 is 0 Å². The summed E-state index contributed by atoms with van der Waals surface area (Å²) >= 11 is 0. The zero-order valence-electron chi connectivity index (χ0n) is 16.6. The molecule has 0 aliphatic carbocycles. The van der Waals surface area contributed by atoms with Gasteiger partial charge in [-0.05, 0) is 18.9 Å². The van der Waals surface area contributed by atoms with E-state index in [9.17, 15) is 0 Å². The number of anilines is 3. The molecule has 1 fully saturated rings. The van der Waals surface area contributed by atoms with Gasteiger partial charge in [-0.1, -0.05) is 0 Å². The minimum absolute atomic E-state index is 0.311. The minimum Gasteiger partial charge on any atom is -0.481 e. The Morgan fingerprint density at radius 2 is 1.93 bits per heavy atom. The van der Waals surface area contributed by atoms with Gasteiger partial charge in [-0.15, -0.1) is 0 Å². The molecule has 3 heterocycles. The van der Waals surface area contributed by atoms with E-state index in [1.807, 2.05) is 31.1 Å². The Bertz CT molecular complexity index is 749. The summed E-state index contributed by atoms with van der Waals surface area (Å²) < 4.78 is 10.5. The first-order valence-corrected chi connectivity index (χ1v) is 8.97. The molecule has 0 radical (unpaired) electrons. The summed E-state index contributed by atoms with van der Waals surface area (Å²) in [6.07, 6.45) is 3.96. The summed E-state index contributed by atoms with van der Waals surface area (Å²) in [5, 5.41) is 0. The number of hydrogen-bond donors (Lipinski definition) is 0. The van der Waals surface area contributed by atoms with E-state index in [1.165, 1.54) is 0 Å². The lowest BCUT2D eigenvalue weighted by atomic mass is 10.0. The molecule has 1 atom stereocenters. The highest BCUT2D eigenvalue weighted by atomic mass is 16.5. The van der Waals surface area contributed by atoms with E-state index in [0.29, 0.717) is 23.9 Å². The van der Waals surface area contributed by atoms with Gasteiger partial charge in [0.15, 0.2) is 0 Å². The maximum Gasteiger partial charge on any atom is 0.321 e. The van der Waals surface area contributed by atoms with E-state index in [1.54, 1.807) is 20.4 Å². The Morgan fingerprint density at radius 3 is 2.63 bits per heavy atom.